The van der Waals surface area contributed by atoms with Crippen molar-refractivity contribution in [2.75, 3.05) is 0 Å². The molecule has 0 aromatic carbocycles. The molecule has 0 aliphatic carbocycles. The lowest BCUT2D eigenvalue weighted by molar-refractivity contribution is 0.566. The largest absolute Gasteiger partial charge is 0.0991 e. The van der Waals surface area contributed by atoms with Crippen molar-refractivity contribution in [1.29, 1.82) is 0 Å². The van der Waals surface area contributed by atoms with E-state index in [0.29, 0.717) is 0 Å². The molecule has 1 atom stereocenters. The molecular formula is C18H31Br. The van der Waals surface area contributed by atoms with E-state index in [4.69, 9.17) is 0 Å². The second-order valence-electron chi connectivity index (χ2n) is 5.13. The summed E-state index contributed by atoms with van der Waals surface area (Å²) in [5.41, 5.74) is 0. The van der Waals surface area contributed by atoms with Crippen molar-refractivity contribution < 1.29 is 0 Å². The van der Waals surface area contributed by atoms with Gasteiger partial charge < -0.3 is 0 Å². The van der Waals surface area contributed by atoms with E-state index in [-0.39, 0.29) is 0 Å². The SMILES string of the molecule is C=C/C=C\C=C\CCCCCCCCC(Br)CCC. The van der Waals surface area contributed by atoms with E-state index < -0.39 is 0 Å². The Bertz CT molecular complexity index is 240. The molecule has 0 N–H and O–H groups in total. The molecule has 0 saturated carbocycles. The lowest BCUT2D eigenvalue weighted by atomic mass is 10.1. The van der Waals surface area contributed by atoms with E-state index in [2.05, 4.69) is 41.6 Å². The third-order valence-electron chi connectivity index (χ3n) is 3.23. The summed E-state index contributed by atoms with van der Waals surface area (Å²) in [6.45, 7) is 5.90. The van der Waals surface area contributed by atoms with E-state index in [1.54, 1.807) is 0 Å². The molecule has 0 aliphatic heterocycles. The van der Waals surface area contributed by atoms with Crippen LogP contribution in [0.1, 0.15) is 71.1 Å². The van der Waals surface area contributed by atoms with Crippen LogP contribution in [0.3, 0.4) is 0 Å². The Morgan fingerprint density at radius 3 is 2.26 bits per heavy atom. The van der Waals surface area contributed by atoms with E-state index in [1.807, 2.05) is 18.2 Å². The van der Waals surface area contributed by atoms with Crippen molar-refractivity contribution in [2.24, 2.45) is 0 Å². The molecule has 0 spiro atoms. The van der Waals surface area contributed by atoms with E-state index in [9.17, 15) is 0 Å². The Labute approximate surface area is 129 Å². The van der Waals surface area contributed by atoms with Crippen LogP contribution in [0.25, 0.3) is 0 Å². The smallest absolute Gasteiger partial charge is 0.0145 e. The number of rotatable bonds is 13. The minimum absolute atomic E-state index is 0.756. The molecule has 0 aromatic rings. The fraction of sp³-hybridized carbons (Fsp3) is 0.667. The zero-order valence-corrected chi connectivity index (χ0v) is 14.2. The molecule has 1 heteroatoms. The molecule has 0 amide bonds. The number of halogens is 1. The first-order valence-electron chi connectivity index (χ1n) is 7.89. The maximum Gasteiger partial charge on any atom is 0.0145 e. The van der Waals surface area contributed by atoms with Gasteiger partial charge in [-0.1, -0.05) is 98.3 Å². The highest BCUT2D eigenvalue weighted by molar-refractivity contribution is 9.09. The first kappa shape index (κ1) is 18.7. The molecule has 0 radical (unpaired) electrons. The fourth-order valence-corrected chi connectivity index (χ4v) is 2.89. The molecule has 0 fully saturated rings. The maximum atomic E-state index is 3.75. The Morgan fingerprint density at radius 1 is 0.895 bits per heavy atom. The highest BCUT2D eigenvalue weighted by atomic mass is 79.9. The van der Waals surface area contributed by atoms with Gasteiger partial charge in [-0.2, -0.15) is 0 Å². The number of hydrogen-bond donors (Lipinski definition) is 0. The molecule has 110 valence electrons. The summed E-state index contributed by atoms with van der Waals surface area (Å²) in [4.78, 5) is 0.756. The predicted octanol–water partition coefficient (Wildman–Crippen LogP) is 6.97. The molecule has 1 unspecified atom stereocenters. The highest BCUT2D eigenvalue weighted by Crippen LogP contribution is 2.17. The minimum Gasteiger partial charge on any atom is -0.0991 e. The van der Waals surface area contributed by atoms with Crippen LogP contribution in [0.4, 0.5) is 0 Å². The van der Waals surface area contributed by atoms with Crippen molar-refractivity contribution in [3.63, 3.8) is 0 Å². The summed E-state index contributed by atoms with van der Waals surface area (Å²) in [6.07, 6.45) is 23.7. The summed E-state index contributed by atoms with van der Waals surface area (Å²) in [7, 11) is 0. The lowest BCUT2D eigenvalue weighted by Gasteiger charge is -2.07. The van der Waals surface area contributed by atoms with E-state index in [1.165, 1.54) is 64.2 Å². The topological polar surface area (TPSA) is 0 Å². The minimum atomic E-state index is 0.756. The first-order chi connectivity index (χ1) is 9.31. The van der Waals surface area contributed by atoms with Crippen LogP contribution in [0, 0.1) is 0 Å². The third kappa shape index (κ3) is 15.6. The van der Waals surface area contributed by atoms with Crippen LogP contribution in [0.5, 0.6) is 0 Å². The van der Waals surface area contributed by atoms with Gasteiger partial charge in [-0.25, -0.2) is 0 Å². The average Bonchev–Trinajstić information content (AvgIpc) is 2.40. The fourth-order valence-electron chi connectivity index (χ4n) is 2.11. The van der Waals surface area contributed by atoms with Gasteiger partial charge >= 0.3 is 0 Å². The Balaban J connectivity index is 3.16. The summed E-state index contributed by atoms with van der Waals surface area (Å²) in [6, 6.07) is 0. The molecule has 0 aliphatic rings. The van der Waals surface area contributed by atoms with Crippen LogP contribution in [0.15, 0.2) is 37.0 Å². The molecule has 0 heterocycles. The van der Waals surface area contributed by atoms with Gasteiger partial charge in [-0.15, -0.1) is 0 Å². The van der Waals surface area contributed by atoms with Crippen LogP contribution >= 0.6 is 15.9 Å². The maximum absolute atomic E-state index is 3.75. The van der Waals surface area contributed by atoms with Crippen molar-refractivity contribution in [1.82, 2.24) is 0 Å². The van der Waals surface area contributed by atoms with E-state index >= 15 is 0 Å². The number of hydrogen-bond acceptors (Lipinski definition) is 0. The monoisotopic (exact) mass is 326 g/mol. The number of alkyl halides is 1. The zero-order valence-electron chi connectivity index (χ0n) is 12.6. The second kappa shape index (κ2) is 15.8. The zero-order chi connectivity index (χ0) is 14.2. The van der Waals surface area contributed by atoms with Gasteiger partial charge in [0.15, 0.2) is 0 Å². The molecule has 0 aromatic heterocycles. The molecule has 0 nitrogen and oxygen atoms in total. The molecular weight excluding hydrogens is 296 g/mol. The van der Waals surface area contributed by atoms with Gasteiger partial charge in [-0.3, -0.25) is 0 Å². The predicted molar refractivity (Wildman–Crippen MR) is 93.0 cm³/mol. The van der Waals surface area contributed by atoms with Crippen molar-refractivity contribution in [3.05, 3.63) is 37.0 Å². The van der Waals surface area contributed by atoms with Crippen molar-refractivity contribution >= 4 is 15.9 Å². The van der Waals surface area contributed by atoms with Gasteiger partial charge in [-0.05, 0) is 25.7 Å². The molecule has 19 heavy (non-hydrogen) atoms. The second-order valence-corrected chi connectivity index (χ2v) is 6.43. The first-order valence-corrected chi connectivity index (χ1v) is 8.81. The van der Waals surface area contributed by atoms with Crippen molar-refractivity contribution in [2.45, 2.75) is 76.0 Å². The number of allylic oxidation sites excluding steroid dienone is 5. The summed E-state index contributed by atoms with van der Waals surface area (Å²) in [5.74, 6) is 0. The van der Waals surface area contributed by atoms with E-state index in [0.717, 1.165) is 4.83 Å². The quantitative estimate of drug-likeness (QED) is 0.195. The van der Waals surface area contributed by atoms with Crippen LogP contribution in [0.2, 0.25) is 0 Å². The molecule has 0 bridgehead atoms. The number of unbranched alkanes of at least 4 members (excludes halogenated alkanes) is 6. The summed E-state index contributed by atoms with van der Waals surface area (Å²) >= 11 is 3.75. The molecule has 0 saturated heterocycles. The van der Waals surface area contributed by atoms with Gasteiger partial charge in [0.05, 0.1) is 0 Å². The normalized spacial score (nSPS) is 13.4. The summed E-state index contributed by atoms with van der Waals surface area (Å²) in [5, 5.41) is 0. The Kier molecular flexibility index (Phi) is 15.5. The standard InChI is InChI=1S/C18H31Br/c1-3-5-6-7-8-9-10-11-12-13-14-15-17-18(19)16-4-2/h3,5-8,18H,1,4,9-17H2,2H3/b6-5-,8-7+. The Hall–Kier alpha value is -0.300. The van der Waals surface area contributed by atoms with Crippen LogP contribution in [-0.2, 0) is 0 Å². The van der Waals surface area contributed by atoms with Gasteiger partial charge in [0, 0.05) is 4.83 Å². The third-order valence-corrected chi connectivity index (χ3v) is 4.15. The Morgan fingerprint density at radius 2 is 1.58 bits per heavy atom. The lowest BCUT2D eigenvalue weighted by Crippen LogP contribution is -1.96. The summed E-state index contributed by atoms with van der Waals surface area (Å²) < 4.78 is 0. The van der Waals surface area contributed by atoms with Crippen LogP contribution < -0.4 is 0 Å². The van der Waals surface area contributed by atoms with Crippen LogP contribution in [-0.4, -0.2) is 4.83 Å². The van der Waals surface area contributed by atoms with Crippen molar-refractivity contribution in [3.8, 4) is 0 Å². The highest BCUT2D eigenvalue weighted by Gasteiger charge is 2.01. The molecule has 0 rings (SSSR count). The van der Waals surface area contributed by atoms with Gasteiger partial charge in [0.1, 0.15) is 0 Å². The average molecular weight is 327 g/mol. The van der Waals surface area contributed by atoms with Gasteiger partial charge in [0.2, 0.25) is 0 Å². The van der Waals surface area contributed by atoms with Gasteiger partial charge in [0.25, 0.3) is 0 Å².